The van der Waals surface area contributed by atoms with Gasteiger partial charge in [0.2, 0.25) is 0 Å². The molecule has 0 amide bonds. The van der Waals surface area contributed by atoms with Gasteiger partial charge >= 0.3 is 5.97 Å². The highest BCUT2D eigenvalue weighted by Crippen LogP contribution is 2.30. The Kier molecular flexibility index (Phi) is 6.88. The second kappa shape index (κ2) is 8.17. The molecule has 20 heavy (non-hydrogen) atoms. The van der Waals surface area contributed by atoms with E-state index < -0.39 is 11.5 Å². The first-order valence-electron chi connectivity index (χ1n) is 6.77. The summed E-state index contributed by atoms with van der Waals surface area (Å²) in [6.07, 6.45) is 1.48. The molecule has 2 N–H and O–H groups in total. The van der Waals surface area contributed by atoms with Gasteiger partial charge in [-0.15, -0.1) is 11.8 Å². The van der Waals surface area contributed by atoms with Gasteiger partial charge in [-0.3, -0.25) is 4.79 Å². The molecular formula is C15H23NO3S. The summed E-state index contributed by atoms with van der Waals surface area (Å²) in [4.78, 5) is 12.4. The molecule has 1 atom stereocenters. The Balaban J connectivity index is 2.58. The lowest BCUT2D eigenvalue weighted by atomic mass is 9.99. The fourth-order valence-electron chi connectivity index (χ4n) is 1.77. The number of carboxylic acid groups (broad SMARTS) is 1. The van der Waals surface area contributed by atoms with Gasteiger partial charge in [-0.25, -0.2) is 0 Å². The van der Waals surface area contributed by atoms with Crippen molar-refractivity contribution in [1.29, 1.82) is 0 Å². The maximum absolute atomic E-state index is 11.4. The van der Waals surface area contributed by atoms with E-state index in [1.54, 1.807) is 25.8 Å². The third-order valence-corrected chi connectivity index (χ3v) is 4.22. The Morgan fingerprint density at radius 2 is 2.15 bits per heavy atom. The van der Waals surface area contributed by atoms with Crippen LogP contribution in [-0.2, 0) is 4.79 Å². The smallest absolute Gasteiger partial charge is 0.323 e. The van der Waals surface area contributed by atoms with E-state index in [2.05, 4.69) is 5.32 Å². The second-order valence-electron chi connectivity index (χ2n) is 4.81. The predicted octanol–water partition coefficient (Wildman–Crippen LogP) is 3.02. The van der Waals surface area contributed by atoms with E-state index >= 15 is 0 Å². The lowest BCUT2D eigenvalue weighted by molar-refractivity contribution is -0.144. The van der Waals surface area contributed by atoms with Crippen LogP contribution in [0.5, 0.6) is 5.75 Å². The number of ether oxygens (including phenoxy) is 1. The molecule has 4 nitrogen and oxygen atoms in total. The number of para-hydroxylation sites is 1. The fraction of sp³-hybridized carbons (Fsp3) is 0.533. The Morgan fingerprint density at radius 3 is 2.75 bits per heavy atom. The number of hydrogen-bond donors (Lipinski definition) is 2. The summed E-state index contributed by atoms with van der Waals surface area (Å²) < 4.78 is 5.29. The molecule has 0 fully saturated rings. The van der Waals surface area contributed by atoms with Gasteiger partial charge in [-0.1, -0.05) is 19.1 Å². The van der Waals surface area contributed by atoms with Crippen molar-refractivity contribution in [1.82, 2.24) is 5.32 Å². The molecule has 1 unspecified atom stereocenters. The number of thioether (sulfide) groups is 1. The molecule has 1 aromatic carbocycles. The van der Waals surface area contributed by atoms with Crippen molar-refractivity contribution < 1.29 is 14.6 Å². The standard InChI is InChI=1S/C15H23NO3S/c1-4-10-16-15(2,14(17)18)9-11-20-13-8-6-5-7-12(13)19-3/h5-8,16H,4,9-11H2,1-3H3,(H,17,18). The summed E-state index contributed by atoms with van der Waals surface area (Å²) in [7, 11) is 1.64. The Hall–Kier alpha value is -1.20. The third-order valence-electron chi connectivity index (χ3n) is 3.17. The maximum Gasteiger partial charge on any atom is 0.323 e. The van der Waals surface area contributed by atoms with Gasteiger partial charge in [0.05, 0.1) is 7.11 Å². The van der Waals surface area contributed by atoms with Gasteiger partial charge in [-0.05, 0) is 38.4 Å². The highest BCUT2D eigenvalue weighted by atomic mass is 32.2. The van der Waals surface area contributed by atoms with Crippen molar-refractivity contribution in [3.8, 4) is 5.75 Å². The molecular weight excluding hydrogens is 274 g/mol. The molecule has 0 saturated heterocycles. The van der Waals surface area contributed by atoms with Crippen LogP contribution in [-0.4, -0.2) is 36.0 Å². The molecule has 0 saturated carbocycles. The van der Waals surface area contributed by atoms with Crippen molar-refractivity contribution in [2.24, 2.45) is 0 Å². The highest BCUT2D eigenvalue weighted by molar-refractivity contribution is 7.99. The molecule has 0 spiro atoms. The number of benzene rings is 1. The zero-order valence-electron chi connectivity index (χ0n) is 12.3. The molecule has 1 rings (SSSR count). The van der Waals surface area contributed by atoms with Crippen LogP contribution in [0.25, 0.3) is 0 Å². The average molecular weight is 297 g/mol. The molecule has 0 heterocycles. The van der Waals surface area contributed by atoms with E-state index in [1.807, 2.05) is 31.2 Å². The molecule has 5 heteroatoms. The van der Waals surface area contributed by atoms with Gasteiger partial charge in [0, 0.05) is 10.6 Å². The van der Waals surface area contributed by atoms with Crippen LogP contribution in [0.15, 0.2) is 29.2 Å². The van der Waals surface area contributed by atoms with E-state index in [4.69, 9.17) is 4.74 Å². The first-order valence-corrected chi connectivity index (χ1v) is 7.76. The summed E-state index contributed by atoms with van der Waals surface area (Å²) >= 11 is 1.62. The van der Waals surface area contributed by atoms with Crippen molar-refractivity contribution in [2.45, 2.75) is 37.1 Å². The van der Waals surface area contributed by atoms with Crippen LogP contribution in [0.3, 0.4) is 0 Å². The fourth-order valence-corrected chi connectivity index (χ4v) is 2.97. The minimum Gasteiger partial charge on any atom is -0.496 e. The number of nitrogens with one attached hydrogen (secondary N) is 1. The normalized spacial score (nSPS) is 13.8. The topological polar surface area (TPSA) is 58.6 Å². The van der Waals surface area contributed by atoms with Gasteiger partial charge in [-0.2, -0.15) is 0 Å². The quantitative estimate of drug-likeness (QED) is 0.686. The Morgan fingerprint density at radius 1 is 1.45 bits per heavy atom. The Labute approximate surface area is 124 Å². The van der Waals surface area contributed by atoms with Gasteiger partial charge in [0.15, 0.2) is 0 Å². The van der Waals surface area contributed by atoms with E-state index in [9.17, 15) is 9.90 Å². The van der Waals surface area contributed by atoms with Gasteiger partial charge in [0.1, 0.15) is 11.3 Å². The lowest BCUT2D eigenvalue weighted by Crippen LogP contribution is -2.50. The average Bonchev–Trinajstić information content (AvgIpc) is 2.45. The molecule has 112 valence electrons. The van der Waals surface area contributed by atoms with E-state index in [0.717, 1.165) is 22.8 Å². The monoisotopic (exact) mass is 297 g/mol. The SMILES string of the molecule is CCCNC(C)(CCSc1ccccc1OC)C(=O)O. The van der Waals surface area contributed by atoms with Crippen LogP contribution in [0.2, 0.25) is 0 Å². The molecule has 0 aliphatic rings. The Bertz CT molecular complexity index is 439. The third kappa shape index (κ3) is 4.72. The van der Waals surface area contributed by atoms with Crippen molar-refractivity contribution in [3.63, 3.8) is 0 Å². The van der Waals surface area contributed by atoms with Crippen molar-refractivity contribution in [3.05, 3.63) is 24.3 Å². The van der Waals surface area contributed by atoms with Crippen LogP contribution < -0.4 is 10.1 Å². The predicted molar refractivity (Wildman–Crippen MR) is 82.7 cm³/mol. The maximum atomic E-state index is 11.4. The highest BCUT2D eigenvalue weighted by Gasteiger charge is 2.31. The molecule has 1 aromatic rings. The summed E-state index contributed by atoms with van der Waals surface area (Å²) in [6.45, 7) is 4.48. The minimum absolute atomic E-state index is 0.561. The summed E-state index contributed by atoms with van der Waals surface area (Å²) in [5.41, 5.74) is -0.870. The minimum atomic E-state index is -0.870. The summed E-state index contributed by atoms with van der Waals surface area (Å²) in [5, 5.41) is 12.5. The molecule has 0 aliphatic carbocycles. The van der Waals surface area contributed by atoms with Gasteiger partial charge in [0.25, 0.3) is 0 Å². The second-order valence-corrected chi connectivity index (χ2v) is 5.95. The number of methoxy groups -OCH3 is 1. The molecule has 0 radical (unpaired) electrons. The van der Waals surface area contributed by atoms with E-state index in [-0.39, 0.29) is 0 Å². The van der Waals surface area contributed by atoms with Crippen LogP contribution in [0.1, 0.15) is 26.7 Å². The zero-order chi connectivity index (χ0) is 15.0. The number of carboxylic acids is 1. The van der Waals surface area contributed by atoms with Crippen molar-refractivity contribution >= 4 is 17.7 Å². The van der Waals surface area contributed by atoms with E-state index in [0.29, 0.717) is 13.0 Å². The van der Waals surface area contributed by atoms with Crippen molar-refractivity contribution in [2.75, 3.05) is 19.4 Å². The number of rotatable bonds is 9. The van der Waals surface area contributed by atoms with Crippen LogP contribution in [0.4, 0.5) is 0 Å². The summed E-state index contributed by atoms with van der Waals surface area (Å²) in [6, 6.07) is 7.78. The number of hydrogen-bond acceptors (Lipinski definition) is 4. The molecule has 0 bridgehead atoms. The largest absolute Gasteiger partial charge is 0.496 e. The van der Waals surface area contributed by atoms with Crippen LogP contribution >= 0.6 is 11.8 Å². The summed E-state index contributed by atoms with van der Waals surface area (Å²) in [5.74, 6) is 0.752. The number of aliphatic carboxylic acids is 1. The first kappa shape index (κ1) is 16.9. The first-order chi connectivity index (χ1) is 9.53. The van der Waals surface area contributed by atoms with E-state index in [1.165, 1.54) is 0 Å². The number of carbonyl (C=O) groups is 1. The lowest BCUT2D eigenvalue weighted by Gasteiger charge is -2.26. The molecule has 0 aromatic heterocycles. The van der Waals surface area contributed by atoms with Crippen LogP contribution in [0, 0.1) is 0 Å². The molecule has 0 aliphatic heterocycles. The zero-order valence-corrected chi connectivity index (χ0v) is 13.1. The van der Waals surface area contributed by atoms with Gasteiger partial charge < -0.3 is 15.2 Å².